The quantitative estimate of drug-likeness (QED) is 0.144. The predicted octanol–water partition coefficient (Wildman–Crippen LogP) is 5.93. The third kappa shape index (κ3) is 5.53. The lowest BCUT2D eigenvalue weighted by atomic mass is 10.0. The summed E-state index contributed by atoms with van der Waals surface area (Å²) >= 11 is 0. The number of rotatable bonds is 6. The van der Waals surface area contributed by atoms with Crippen molar-refractivity contribution in [2.75, 3.05) is 0 Å². The standard InChI is InChI=1S/C33H20O8/c34-30(38-24-7-3-1-4-8-24)26-18-22-16-20(11-13-28(22)40-32(26)36)15-21-12-14-29-23(17-21)19-27(33(37)41-29)31(35)39-25-9-5-2-6-10-25/h1-14,16-19H,15H2. The molecule has 41 heavy (non-hydrogen) atoms. The Morgan fingerprint density at radius 3 is 1.37 bits per heavy atom. The molecule has 8 nitrogen and oxygen atoms in total. The highest BCUT2D eigenvalue weighted by Crippen LogP contribution is 2.22. The zero-order valence-electron chi connectivity index (χ0n) is 21.4. The van der Waals surface area contributed by atoms with Crippen molar-refractivity contribution in [2.45, 2.75) is 6.42 Å². The van der Waals surface area contributed by atoms with Crippen LogP contribution in [0.15, 0.2) is 128 Å². The van der Waals surface area contributed by atoms with Crippen molar-refractivity contribution >= 4 is 33.9 Å². The average Bonchev–Trinajstić information content (AvgIpc) is 2.97. The van der Waals surface area contributed by atoms with E-state index in [1.54, 1.807) is 72.8 Å². The Morgan fingerprint density at radius 1 is 0.537 bits per heavy atom. The average molecular weight is 545 g/mol. The second-order valence-corrected chi connectivity index (χ2v) is 9.22. The number of esters is 2. The topological polar surface area (TPSA) is 113 Å². The van der Waals surface area contributed by atoms with Gasteiger partial charge in [0.05, 0.1) is 0 Å². The molecule has 0 saturated carbocycles. The van der Waals surface area contributed by atoms with Gasteiger partial charge in [0.25, 0.3) is 0 Å². The summed E-state index contributed by atoms with van der Waals surface area (Å²) in [6, 6.07) is 30.4. The molecule has 0 aliphatic carbocycles. The highest BCUT2D eigenvalue weighted by Gasteiger charge is 2.18. The Hall–Kier alpha value is -5.76. The number of hydrogen-bond acceptors (Lipinski definition) is 8. The first-order chi connectivity index (χ1) is 19.9. The van der Waals surface area contributed by atoms with Crippen LogP contribution < -0.4 is 20.7 Å². The molecule has 2 aromatic heterocycles. The first-order valence-corrected chi connectivity index (χ1v) is 12.6. The van der Waals surface area contributed by atoms with Crippen LogP contribution in [-0.2, 0) is 6.42 Å². The zero-order valence-corrected chi connectivity index (χ0v) is 21.4. The van der Waals surface area contributed by atoms with Gasteiger partial charge in [-0.15, -0.1) is 0 Å². The van der Waals surface area contributed by atoms with Gasteiger partial charge in [0, 0.05) is 10.8 Å². The van der Waals surface area contributed by atoms with E-state index in [1.165, 1.54) is 12.1 Å². The second kappa shape index (κ2) is 10.8. The largest absolute Gasteiger partial charge is 0.423 e. The lowest BCUT2D eigenvalue weighted by molar-refractivity contribution is 0.0720. The maximum absolute atomic E-state index is 12.6. The van der Waals surface area contributed by atoms with Gasteiger partial charge in [0.15, 0.2) is 0 Å². The molecule has 0 saturated heterocycles. The van der Waals surface area contributed by atoms with Crippen LogP contribution in [-0.4, -0.2) is 11.9 Å². The fraction of sp³-hybridized carbons (Fsp3) is 0.0303. The van der Waals surface area contributed by atoms with Gasteiger partial charge < -0.3 is 18.3 Å². The van der Waals surface area contributed by atoms with E-state index in [0.29, 0.717) is 39.9 Å². The van der Waals surface area contributed by atoms with Gasteiger partial charge in [-0.05, 0) is 78.2 Å². The predicted molar refractivity (Wildman–Crippen MR) is 151 cm³/mol. The van der Waals surface area contributed by atoms with Gasteiger partial charge >= 0.3 is 23.2 Å². The smallest absolute Gasteiger partial charge is 0.351 e. The van der Waals surface area contributed by atoms with Crippen LogP contribution in [0.5, 0.6) is 11.5 Å². The van der Waals surface area contributed by atoms with Crippen LogP contribution in [0.1, 0.15) is 31.8 Å². The SMILES string of the molecule is O=C(Oc1ccccc1)c1cc2cc(Cc3ccc4oc(=O)c(C(=O)Oc5ccccc5)cc4c3)ccc2oc1=O. The van der Waals surface area contributed by atoms with Crippen LogP contribution in [0.25, 0.3) is 21.9 Å². The maximum atomic E-state index is 12.6. The molecule has 2 heterocycles. The highest BCUT2D eigenvalue weighted by molar-refractivity contribution is 5.95. The molecule has 4 aromatic carbocycles. The molecule has 8 heteroatoms. The lowest BCUT2D eigenvalue weighted by Crippen LogP contribution is -2.18. The van der Waals surface area contributed by atoms with Crippen molar-refractivity contribution in [3.8, 4) is 11.5 Å². The maximum Gasteiger partial charge on any atom is 0.351 e. The van der Waals surface area contributed by atoms with Crippen LogP contribution in [0.3, 0.4) is 0 Å². The lowest BCUT2D eigenvalue weighted by Gasteiger charge is -2.08. The fourth-order valence-electron chi connectivity index (χ4n) is 4.39. The highest BCUT2D eigenvalue weighted by atomic mass is 16.5. The Morgan fingerprint density at radius 2 is 0.951 bits per heavy atom. The van der Waals surface area contributed by atoms with E-state index in [9.17, 15) is 19.2 Å². The summed E-state index contributed by atoms with van der Waals surface area (Å²) in [6.07, 6.45) is 0.470. The summed E-state index contributed by atoms with van der Waals surface area (Å²) in [5.74, 6) is -0.992. The van der Waals surface area contributed by atoms with E-state index in [2.05, 4.69) is 0 Å². The van der Waals surface area contributed by atoms with Gasteiger partial charge in [-0.25, -0.2) is 19.2 Å². The molecule has 0 bridgehead atoms. The van der Waals surface area contributed by atoms with E-state index in [-0.39, 0.29) is 11.1 Å². The number of carbonyl (C=O) groups excluding carboxylic acids is 2. The molecule has 0 unspecified atom stereocenters. The summed E-state index contributed by atoms with van der Waals surface area (Å²) in [7, 11) is 0. The number of ether oxygens (including phenoxy) is 2. The van der Waals surface area contributed by atoms with Crippen LogP contribution in [0.2, 0.25) is 0 Å². The Labute approximate surface area is 232 Å². The number of carbonyl (C=O) groups is 2. The molecule has 0 spiro atoms. The Balaban J connectivity index is 1.27. The first-order valence-electron chi connectivity index (χ1n) is 12.6. The van der Waals surface area contributed by atoms with Crippen molar-refractivity contribution < 1.29 is 27.9 Å². The van der Waals surface area contributed by atoms with Crippen molar-refractivity contribution in [1.29, 1.82) is 0 Å². The molecule has 0 amide bonds. The fourth-order valence-corrected chi connectivity index (χ4v) is 4.39. The van der Waals surface area contributed by atoms with E-state index < -0.39 is 23.2 Å². The molecule has 6 aromatic rings. The van der Waals surface area contributed by atoms with Gasteiger partial charge in [-0.2, -0.15) is 0 Å². The van der Waals surface area contributed by atoms with Crippen LogP contribution in [0.4, 0.5) is 0 Å². The second-order valence-electron chi connectivity index (χ2n) is 9.22. The van der Waals surface area contributed by atoms with Crippen molar-refractivity contribution in [3.05, 3.63) is 152 Å². The minimum Gasteiger partial charge on any atom is -0.423 e. The first kappa shape index (κ1) is 25.5. The molecule has 6 rings (SSSR count). The molecular weight excluding hydrogens is 524 g/mol. The van der Waals surface area contributed by atoms with E-state index >= 15 is 0 Å². The van der Waals surface area contributed by atoms with Crippen molar-refractivity contribution in [1.82, 2.24) is 0 Å². The molecule has 0 radical (unpaired) electrons. The zero-order chi connectivity index (χ0) is 28.3. The van der Waals surface area contributed by atoms with Gasteiger partial charge in [-0.3, -0.25) is 0 Å². The third-order valence-electron chi connectivity index (χ3n) is 6.35. The summed E-state index contributed by atoms with van der Waals surface area (Å²) in [4.78, 5) is 50.1. The number of hydrogen-bond donors (Lipinski definition) is 0. The Bertz CT molecular complexity index is 1890. The molecule has 0 N–H and O–H groups in total. The third-order valence-corrected chi connectivity index (χ3v) is 6.35. The molecule has 0 atom stereocenters. The van der Waals surface area contributed by atoms with Crippen molar-refractivity contribution in [2.24, 2.45) is 0 Å². The van der Waals surface area contributed by atoms with Gasteiger partial charge in [0.2, 0.25) is 0 Å². The number of fused-ring (bicyclic) bond motifs is 2. The number of benzene rings is 4. The normalized spacial score (nSPS) is 10.9. The summed E-state index contributed by atoms with van der Waals surface area (Å²) in [6.45, 7) is 0. The molecule has 0 aliphatic heterocycles. The van der Waals surface area contributed by atoms with E-state index in [0.717, 1.165) is 11.1 Å². The monoisotopic (exact) mass is 544 g/mol. The number of para-hydroxylation sites is 2. The minimum atomic E-state index is -0.810. The van der Waals surface area contributed by atoms with E-state index in [4.69, 9.17) is 18.3 Å². The Kier molecular flexibility index (Phi) is 6.71. The summed E-state index contributed by atoms with van der Waals surface area (Å²) in [5.41, 5.74) is 0.396. The minimum absolute atomic E-state index is 0.214. The molecule has 0 aliphatic rings. The summed E-state index contributed by atoms with van der Waals surface area (Å²) in [5, 5.41) is 1.11. The van der Waals surface area contributed by atoms with E-state index in [1.807, 2.05) is 24.3 Å². The molecule has 200 valence electrons. The van der Waals surface area contributed by atoms with Crippen LogP contribution in [0, 0.1) is 0 Å². The molecule has 0 fully saturated rings. The molecular formula is C33H20O8. The van der Waals surface area contributed by atoms with Crippen molar-refractivity contribution in [3.63, 3.8) is 0 Å². The van der Waals surface area contributed by atoms with Gasteiger partial charge in [-0.1, -0.05) is 48.5 Å². The van der Waals surface area contributed by atoms with Crippen LogP contribution >= 0.6 is 0 Å². The summed E-state index contributed by atoms with van der Waals surface area (Å²) < 4.78 is 21.3. The van der Waals surface area contributed by atoms with Gasteiger partial charge in [0.1, 0.15) is 33.8 Å².